The van der Waals surface area contributed by atoms with E-state index >= 15 is 0 Å². The van der Waals surface area contributed by atoms with Crippen molar-refractivity contribution in [2.24, 2.45) is 11.3 Å². The first-order chi connectivity index (χ1) is 10.00. The van der Waals surface area contributed by atoms with Crippen LogP contribution in [-0.4, -0.2) is 59.1 Å². The minimum atomic E-state index is -0.560. The van der Waals surface area contributed by atoms with Crippen LogP contribution in [-0.2, 0) is 4.79 Å². The standard InChI is InChI=1S/C17H30N2O2/c1-13-5-7-17(8-6-13,16(20)21)12-19-11-15-4-3-9-18(15)10-14(19)2/h13-15H,3-12H2,1-2H3,(H,20,21). The predicted octanol–water partition coefficient (Wildman–Crippen LogP) is 2.44. The smallest absolute Gasteiger partial charge is 0.310 e. The van der Waals surface area contributed by atoms with Gasteiger partial charge in [0, 0.05) is 31.7 Å². The van der Waals surface area contributed by atoms with Crippen LogP contribution in [0.5, 0.6) is 0 Å². The maximum atomic E-state index is 12.0. The highest BCUT2D eigenvalue weighted by Crippen LogP contribution is 2.41. The van der Waals surface area contributed by atoms with Crippen molar-refractivity contribution >= 4 is 5.97 Å². The van der Waals surface area contributed by atoms with E-state index in [-0.39, 0.29) is 0 Å². The number of piperazine rings is 1. The van der Waals surface area contributed by atoms with Gasteiger partial charge in [0.1, 0.15) is 0 Å². The zero-order valence-corrected chi connectivity index (χ0v) is 13.6. The van der Waals surface area contributed by atoms with Gasteiger partial charge in [-0.25, -0.2) is 0 Å². The van der Waals surface area contributed by atoms with E-state index in [0.717, 1.165) is 45.3 Å². The van der Waals surface area contributed by atoms with Gasteiger partial charge in [0.15, 0.2) is 0 Å². The number of carbonyl (C=O) groups is 1. The van der Waals surface area contributed by atoms with Gasteiger partial charge in [-0.15, -0.1) is 0 Å². The molecule has 2 atom stereocenters. The molecule has 120 valence electrons. The van der Waals surface area contributed by atoms with Crippen LogP contribution in [0.25, 0.3) is 0 Å². The molecule has 0 bridgehead atoms. The third-order valence-corrected chi connectivity index (χ3v) is 6.26. The molecule has 21 heavy (non-hydrogen) atoms. The number of hydrogen-bond donors (Lipinski definition) is 1. The summed E-state index contributed by atoms with van der Waals surface area (Å²) >= 11 is 0. The molecule has 0 aromatic carbocycles. The summed E-state index contributed by atoms with van der Waals surface area (Å²) < 4.78 is 0. The summed E-state index contributed by atoms with van der Waals surface area (Å²) in [6.07, 6.45) is 6.48. The Bertz CT molecular complexity index is 390. The molecule has 1 saturated carbocycles. The number of aliphatic carboxylic acids is 1. The number of carboxylic acid groups (broad SMARTS) is 1. The van der Waals surface area contributed by atoms with Gasteiger partial charge in [-0.05, 0) is 57.9 Å². The lowest BCUT2D eigenvalue weighted by molar-refractivity contribution is -0.154. The SMILES string of the molecule is CC1CCC(CN2CC3CCCN3CC2C)(C(=O)O)CC1. The van der Waals surface area contributed by atoms with Crippen molar-refractivity contribution in [2.45, 2.75) is 64.5 Å². The Balaban J connectivity index is 1.69. The van der Waals surface area contributed by atoms with Crippen LogP contribution in [0.3, 0.4) is 0 Å². The van der Waals surface area contributed by atoms with Crippen LogP contribution in [0.1, 0.15) is 52.4 Å². The van der Waals surface area contributed by atoms with Gasteiger partial charge in [-0.2, -0.15) is 0 Å². The summed E-state index contributed by atoms with van der Waals surface area (Å²) in [5.41, 5.74) is -0.485. The molecule has 0 radical (unpaired) electrons. The summed E-state index contributed by atoms with van der Waals surface area (Å²) in [5.74, 6) is 0.136. The number of carboxylic acids is 1. The second-order valence-corrected chi connectivity index (χ2v) is 7.84. The number of hydrogen-bond acceptors (Lipinski definition) is 3. The van der Waals surface area contributed by atoms with E-state index in [9.17, 15) is 9.90 Å². The van der Waals surface area contributed by atoms with Gasteiger partial charge in [0.05, 0.1) is 5.41 Å². The summed E-state index contributed by atoms with van der Waals surface area (Å²) in [6, 6.07) is 1.17. The molecule has 2 aliphatic heterocycles. The van der Waals surface area contributed by atoms with Crippen molar-refractivity contribution in [3.05, 3.63) is 0 Å². The van der Waals surface area contributed by atoms with Crippen LogP contribution in [0.4, 0.5) is 0 Å². The highest BCUT2D eigenvalue weighted by Gasteiger charge is 2.45. The normalized spacial score (nSPS) is 41.9. The first-order valence-corrected chi connectivity index (χ1v) is 8.72. The van der Waals surface area contributed by atoms with Gasteiger partial charge in [-0.3, -0.25) is 14.6 Å². The maximum absolute atomic E-state index is 12.0. The van der Waals surface area contributed by atoms with Crippen molar-refractivity contribution in [1.29, 1.82) is 0 Å². The number of rotatable bonds is 3. The number of nitrogens with zero attached hydrogens (tertiary/aromatic N) is 2. The fraction of sp³-hybridized carbons (Fsp3) is 0.941. The van der Waals surface area contributed by atoms with Crippen LogP contribution in [0, 0.1) is 11.3 Å². The van der Waals surface area contributed by atoms with E-state index < -0.39 is 11.4 Å². The van der Waals surface area contributed by atoms with Crippen molar-refractivity contribution in [1.82, 2.24) is 9.80 Å². The molecule has 1 N–H and O–H groups in total. The van der Waals surface area contributed by atoms with Crippen LogP contribution >= 0.6 is 0 Å². The Labute approximate surface area is 128 Å². The molecule has 0 aromatic rings. The quantitative estimate of drug-likeness (QED) is 0.868. The molecule has 1 aliphatic carbocycles. The van der Waals surface area contributed by atoms with Crippen molar-refractivity contribution < 1.29 is 9.90 Å². The lowest BCUT2D eigenvalue weighted by atomic mass is 9.70. The Kier molecular flexibility index (Phi) is 4.28. The summed E-state index contributed by atoms with van der Waals surface area (Å²) in [7, 11) is 0. The van der Waals surface area contributed by atoms with E-state index in [2.05, 4.69) is 23.6 Å². The second-order valence-electron chi connectivity index (χ2n) is 7.84. The Hall–Kier alpha value is -0.610. The Morgan fingerprint density at radius 3 is 2.57 bits per heavy atom. The van der Waals surface area contributed by atoms with Gasteiger partial charge >= 0.3 is 5.97 Å². The molecule has 3 fully saturated rings. The molecular weight excluding hydrogens is 264 g/mol. The molecule has 0 spiro atoms. The summed E-state index contributed by atoms with van der Waals surface area (Å²) in [6.45, 7) is 8.73. The van der Waals surface area contributed by atoms with Crippen LogP contribution in [0.15, 0.2) is 0 Å². The molecule has 2 unspecified atom stereocenters. The molecule has 0 amide bonds. The highest BCUT2D eigenvalue weighted by atomic mass is 16.4. The van der Waals surface area contributed by atoms with Gasteiger partial charge in [0.2, 0.25) is 0 Å². The van der Waals surface area contributed by atoms with E-state index in [1.165, 1.54) is 19.4 Å². The molecule has 2 heterocycles. The minimum Gasteiger partial charge on any atom is -0.481 e. The Morgan fingerprint density at radius 2 is 1.90 bits per heavy atom. The van der Waals surface area contributed by atoms with Gasteiger partial charge < -0.3 is 5.11 Å². The van der Waals surface area contributed by atoms with Crippen molar-refractivity contribution in [3.8, 4) is 0 Å². The largest absolute Gasteiger partial charge is 0.481 e. The fourth-order valence-corrected chi connectivity index (χ4v) is 4.61. The second kappa shape index (κ2) is 5.88. The lowest BCUT2D eigenvalue weighted by Gasteiger charge is -2.47. The molecule has 3 rings (SSSR count). The lowest BCUT2D eigenvalue weighted by Crippen LogP contribution is -2.58. The van der Waals surface area contributed by atoms with Crippen molar-refractivity contribution in [3.63, 3.8) is 0 Å². The van der Waals surface area contributed by atoms with Gasteiger partial charge in [0.25, 0.3) is 0 Å². The first-order valence-electron chi connectivity index (χ1n) is 8.72. The molecule has 4 nitrogen and oxygen atoms in total. The van der Waals surface area contributed by atoms with Gasteiger partial charge in [-0.1, -0.05) is 6.92 Å². The summed E-state index contributed by atoms with van der Waals surface area (Å²) in [5, 5.41) is 9.84. The van der Waals surface area contributed by atoms with E-state index in [1.54, 1.807) is 0 Å². The van der Waals surface area contributed by atoms with E-state index in [1.807, 2.05) is 0 Å². The number of fused-ring (bicyclic) bond motifs is 1. The predicted molar refractivity (Wildman–Crippen MR) is 83.3 cm³/mol. The van der Waals surface area contributed by atoms with Crippen molar-refractivity contribution in [2.75, 3.05) is 26.2 Å². The zero-order valence-electron chi connectivity index (χ0n) is 13.6. The molecule has 2 saturated heterocycles. The van der Waals surface area contributed by atoms with Crippen LogP contribution < -0.4 is 0 Å². The molecule has 3 aliphatic rings. The molecule has 4 heteroatoms. The fourth-order valence-electron chi connectivity index (χ4n) is 4.61. The summed E-state index contributed by atoms with van der Waals surface area (Å²) in [4.78, 5) is 17.0. The average Bonchev–Trinajstić information content (AvgIpc) is 2.88. The molecule has 0 aromatic heterocycles. The minimum absolute atomic E-state index is 0.485. The topological polar surface area (TPSA) is 43.8 Å². The monoisotopic (exact) mass is 294 g/mol. The maximum Gasteiger partial charge on any atom is 0.310 e. The highest BCUT2D eigenvalue weighted by molar-refractivity contribution is 5.75. The third kappa shape index (κ3) is 2.98. The average molecular weight is 294 g/mol. The first kappa shape index (κ1) is 15.3. The van der Waals surface area contributed by atoms with E-state index in [0.29, 0.717) is 18.0 Å². The van der Waals surface area contributed by atoms with Crippen LogP contribution in [0.2, 0.25) is 0 Å². The zero-order chi connectivity index (χ0) is 15.0. The third-order valence-electron chi connectivity index (χ3n) is 6.26. The van der Waals surface area contributed by atoms with E-state index in [4.69, 9.17) is 0 Å². The Morgan fingerprint density at radius 1 is 1.19 bits per heavy atom. The molecular formula is C17H30N2O2.